The van der Waals surface area contributed by atoms with Crippen LogP contribution >= 0.6 is 0 Å². The second-order valence-electron chi connectivity index (χ2n) is 4.16. The van der Waals surface area contributed by atoms with E-state index in [2.05, 4.69) is 0 Å². The Morgan fingerprint density at radius 2 is 2.17 bits per heavy atom. The van der Waals surface area contributed by atoms with Crippen molar-refractivity contribution in [2.75, 3.05) is 13.1 Å². The molecule has 1 unspecified atom stereocenters. The average Bonchev–Trinajstić information content (AvgIpc) is 1.97. The third-order valence-electron chi connectivity index (χ3n) is 2.45. The van der Waals surface area contributed by atoms with Gasteiger partial charge in [0.2, 0.25) is 5.91 Å². The van der Waals surface area contributed by atoms with Crippen LogP contribution in [0.25, 0.3) is 0 Å². The van der Waals surface area contributed by atoms with Crippen molar-refractivity contribution < 1.29 is 4.79 Å². The van der Waals surface area contributed by atoms with Crippen LogP contribution in [0.15, 0.2) is 0 Å². The molecule has 1 saturated heterocycles. The summed E-state index contributed by atoms with van der Waals surface area (Å²) in [5.74, 6) is 0.404. The number of nitrogens with zero attached hydrogens (tertiary/aromatic N) is 1. The first-order valence-electron chi connectivity index (χ1n) is 4.54. The second-order valence-corrected chi connectivity index (χ2v) is 4.16. The monoisotopic (exact) mass is 170 g/mol. The van der Waals surface area contributed by atoms with Gasteiger partial charge in [-0.3, -0.25) is 4.79 Å². The summed E-state index contributed by atoms with van der Waals surface area (Å²) >= 11 is 0. The van der Waals surface area contributed by atoms with E-state index in [1.165, 1.54) is 0 Å². The van der Waals surface area contributed by atoms with Gasteiger partial charge in [-0.05, 0) is 13.3 Å². The van der Waals surface area contributed by atoms with Crippen molar-refractivity contribution >= 4 is 5.91 Å². The average molecular weight is 170 g/mol. The van der Waals surface area contributed by atoms with Gasteiger partial charge >= 0.3 is 0 Å². The number of hydrogen-bond acceptors (Lipinski definition) is 2. The fourth-order valence-electron chi connectivity index (χ4n) is 1.47. The molecule has 3 nitrogen and oxygen atoms in total. The van der Waals surface area contributed by atoms with Crippen LogP contribution in [0.4, 0.5) is 0 Å². The number of hydrogen-bond donors (Lipinski definition) is 1. The first-order chi connectivity index (χ1) is 5.46. The highest BCUT2D eigenvalue weighted by Gasteiger charge is 2.38. The Kier molecular flexibility index (Phi) is 2.42. The summed E-state index contributed by atoms with van der Waals surface area (Å²) < 4.78 is 0. The third-order valence-corrected chi connectivity index (χ3v) is 2.45. The fourth-order valence-corrected chi connectivity index (χ4v) is 1.47. The number of likely N-dealkylation sites (tertiary alicyclic amines) is 1. The van der Waals surface area contributed by atoms with Crippen molar-refractivity contribution in [3.05, 3.63) is 0 Å². The molecule has 2 N–H and O–H groups in total. The van der Waals surface area contributed by atoms with Crippen LogP contribution in [0.2, 0.25) is 0 Å². The normalized spacial score (nSPS) is 23.2. The van der Waals surface area contributed by atoms with E-state index in [0.717, 1.165) is 19.5 Å². The molecule has 1 aliphatic heterocycles. The summed E-state index contributed by atoms with van der Waals surface area (Å²) in [4.78, 5) is 13.4. The molecule has 12 heavy (non-hydrogen) atoms. The van der Waals surface area contributed by atoms with Crippen molar-refractivity contribution in [1.29, 1.82) is 0 Å². The Morgan fingerprint density at radius 1 is 1.67 bits per heavy atom. The minimum Gasteiger partial charge on any atom is -0.339 e. The lowest BCUT2D eigenvalue weighted by atomic mass is 9.92. The molecule has 1 amide bonds. The molecule has 70 valence electrons. The molecule has 1 fully saturated rings. The molecular formula is C9H18N2O. The summed E-state index contributed by atoms with van der Waals surface area (Å²) in [6.45, 7) is 7.41. The molecular weight excluding hydrogens is 152 g/mol. The summed E-state index contributed by atoms with van der Waals surface area (Å²) in [5.41, 5.74) is 5.66. The Morgan fingerprint density at radius 3 is 2.50 bits per heavy atom. The van der Waals surface area contributed by atoms with E-state index >= 15 is 0 Å². The zero-order valence-electron chi connectivity index (χ0n) is 8.13. The van der Waals surface area contributed by atoms with Crippen molar-refractivity contribution in [2.45, 2.75) is 32.7 Å². The Labute approximate surface area is 73.9 Å². The first-order valence-corrected chi connectivity index (χ1v) is 4.54. The van der Waals surface area contributed by atoms with Gasteiger partial charge in [0.15, 0.2) is 0 Å². The minimum absolute atomic E-state index is 0.136. The van der Waals surface area contributed by atoms with E-state index in [4.69, 9.17) is 5.73 Å². The van der Waals surface area contributed by atoms with Gasteiger partial charge in [-0.25, -0.2) is 0 Å². The van der Waals surface area contributed by atoms with E-state index in [1.807, 2.05) is 25.7 Å². The van der Waals surface area contributed by atoms with Crippen LogP contribution in [-0.4, -0.2) is 29.4 Å². The van der Waals surface area contributed by atoms with Crippen LogP contribution in [0.1, 0.15) is 27.2 Å². The molecule has 0 bridgehead atoms. The summed E-state index contributed by atoms with van der Waals surface area (Å²) in [6, 6.07) is 0. The molecule has 1 atom stereocenters. The molecule has 0 radical (unpaired) electrons. The van der Waals surface area contributed by atoms with Crippen LogP contribution in [-0.2, 0) is 4.79 Å². The molecule has 0 spiro atoms. The van der Waals surface area contributed by atoms with Gasteiger partial charge in [-0.15, -0.1) is 0 Å². The number of carbonyl (C=O) groups is 1. The van der Waals surface area contributed by atoms with E-state index in [1.54, 1.807) is 0 Å². The number of amides is 1. The van der Waals surface area contributed by atoms with Crippen LogP contribution in [0.3, 0.4) is 0 Å². The van der Waals surface area contributed by atoms with Crippen molar-refractivity contribution in [2.24, 2.45) is 11.7 Å². The lowest BCUT2D eigenvalue weighted by Gasteiger charge is -2.46. The lowest BCUT2D eigenvalue weighted by Crippen LogP contribution is -2.67. The molecule has 1 rings (SSSR count). The highest BCUT2D eigenvalue weighted by molar-refractivity contribution is 5.79. The van der Waals surface area contributed by atoms with Crippen molar-refractivity contribution in [1.82, 2.24) is 4.90 Å². The standard InChI is InChI=1S/C9H18N2O/c1-4-7(2)8(12)11-5-9(3,10)6-11/h7H,4-6,10H2,1-3H3. The van der Waals surface area contributed by atoms with Gasteiger partial charge in [0.1, 0.15) is 0 Å². The number of nitrogens with two attached hydrogens (primary N) is 1. The molecule has 1 heterocycles. The summed E-state index contributed by atoms with van der Waals surface area (Å²) in [7, 11) is 0. The number of rotatable bonds is 2. The Hall–Kier alpha value is -0.570. The van der Waals surface area contributed by atoms with E-state index in [0.29, 0.717) is 0 Å². The SMILES string of the molecule is CCC(C)C(=O)N1CC(C)(N)C1. The Balaban J connectivity index is 2.38. The van der Waals surface area contributed by atoms with Crippen LogP contribution in [0, 0.1) is 5.92 Å². The molecule has 3 heteroatoms. The van der Waals surface area contributed by atoms with Crippen LogP contribution in [0.5, 0.6) is 0 Å². The maximum absolute atomic E-state index is 11.5. The predicted molar refractivity (Wildman–Crippen MR) is 48.6 cm³/mol. The van der Waals surface area contributed by atoms with Gasteiger partial charge < -0.3 is 10.6 Å². The number of carbonyl (C=O) groups excluding carboxylic acids is 1. The highest BCUT2D eigenvalue weighted by Crippen LogP contribution is 2.20. The molecule has 0 saturated carbocycles. The smallest absolute Gasteiger partial charge is 0.225 e. The van der Waals surface area contributed by atoms with E-state index in [-0.39, 0.29) is 17.4 Å². The van der Waals surface area contributed by atoms with Gasteiger partial charge in [0.05, 0.1) is 0 Å². The van der Waals surface area contributed by atoms with Crippen LogP contribution < -0.4 is 5.73 Å². The second kappa shape index (κ2) is 3.05. The van der Waals surface area contributed by atoms with Gasteiger partial charge in [-0.1, -0.05) is 13.8 Å². The van der Waals surface area contributed by atoms with Gasteiger partial charge in [0, 0.05) is 24.5 Å². The van der Waals surface area contributed by atoms with E-state index in [9.17, 15) is 4.79 Å². The largest absolute Gasteiger partial charge is 0.339 e. The maximum Gasteiger partial charge on any atom is 0.225 e. The fraction of sp³-hybridized carbons (Fsp3) is 0.889. The zero-order valence-corrected chi connectivity index (χ0v) is 8.13. The third kappa shape index (κ3) is 1.78. The summed E-state index contributed by atoms with van der Waals surface area (Å²) in [6.07, 6.45) is 0.913. The highest BCUT2D eigenvalue weighted by atomic mass is 16.2. The molecule has 0 aliphatic carbocycles. The molecule has 0 aromatic heterocycles. The topological polar surface area (TPSA) is 46.3 Å². The Bertz CT molecular complexity index is 181. The molecule has 1 aliphatic rings. The van der Waals surface area contributed by atoms with E-state index < -0.39 is 0 Å². The lowest BCUT2D eigenvalue weighted by molar-refractivity contribution is -0.142. The molecule has 0 aromatic rings. The predicted octanol–water partition coefficient (Wildman–Crippen LogP) is 0.592. The molecule has 0 aromatic carbocycles. The summed E-state index contributed by atoms with van der Waals surface area (Å²) in [5, 5.41) is 0. The van der Waals surface area contributed by atoms with Crippen molar-refractivity contribution in [3.63, 3.8) is 0 Å². The maximum atomic E-state index is 11.5. The minimum atomic E-state index is -0.136. The van der Waals surface area contributed by atoms with Gasteiger partial charge in [-0.2, -0.15) is 0 Å². The first kappa shape index (κ1) is 9.52. The zero-order chi connectivity index (χ0) is 9.35. The quantitative estimate of drug-likeness (QED) is 0.659. The van der Waals surface area contributed by atoms with Gasteiger partial charge in [0.25, 0.3) is 0 Å². The van der Waals surface area contributed by atoms with Crippen molar-refractivity contribution in [3.8, 4) is 0 Å².